The summed E-state index contributed by atoms with van der Waals surface area (Å²) in [7, 11) is 0. The number of nitrogens with two attached hydrogens (primary N) is 1. The molecule has 3 nitrogen and oxygen atoms in total. The fourth-order valence-corrected chi connectivity index (χ4v) is 2.03. The number of amidine groups is 1. The van der Waals surface area contributed by atoms with Gasteiger partial charge in [0, 0.05) is 16.8 Å². The molecule has 0 atom stereocenters. The van der Waals surface area contributed by atoms with Crippen LogP contribution < -0.4 is 5.73 Å². The molecule has 3 N–H and O–H groups in total. The Morgan fingerprint density at radius 3 is 2.53 bits per heavy atom. The number of aromatic nitrogens is 1. The lowest BCUT2D eigenvalue weighted by molar-refractivity contribution is 1.39. The molecular formula is C10H8ClN3S. The van der Waals surface area contributed by atoms with Crippen LogP contribution in [0.3, 0.4) is 0 Å². The zero-order valence-electron chi connectivity index (χ0n) is 7.70. The fourth-order valence-electron chi connectivity index (χ4n) is 1.12. The molecule has 0 aliphatic carbocycles. The van der Waals surface area contributed by atoms with Gasteiger partial charge in [0.05, 0.1) is 4.88 Å². The Balaban J connectivity index is 2.37. The third-order valence-corrected chi connectivity index (χ3v) is 3.19. The van der Waals surface area contributed by atoms with Crippen LogP contribution in [0, 0.1) is 5.41 Å². The topological polar surface area (TPSA) is 62.8 Å². The van der Waals surface area contributed by atoms with Crippen molar-refractivity contribution in [3.05, 3.63) is 40.4 Å². The summed E-state index contributed by atoms with van der Waals surface area (Å²) < 4.78 is 0. The van der Waals surface area contributed by atoms with E-state index in [0.717, 1.165) is 10.6 Å². The highest BCUT2D eigenvalue weighted by molar-refractivity contribution is 7.16. The highest BCUT2D eigenvalue weighted by Gasteiger charge is 2.05. The summed E-state index contributed by atoms with van der Waals surface area (Å²) in [5.41, 5.74) is 6.35. The Bertz CT molecular complexity index is 490. The van der Waals surface area contributed by atoms with Crippen LogP contribution in [-0.4, -0.2) is 10.8 Å². The van der Waals surface area contributed by atoms with Crippen LogP contribution in [0.25, 0.3) is 10.6 Å². The van der Waals surface area contributed by atoms with Gasteiger partial charge in [0.2, 0.25) is 0 Å². The van der Waals surface area contributed by atoms with Gasteiger partial charge in [0.25, 0.3) is 0 Å². The molecule has 1 aromatic heterocycles. The Kier molecular flexibility index (Phi) is 2.70. The van der Waals surface area contributed by atoms with Crippen molar-refractivity contribution >= 4 is 28.8 Å². The molecule has 0 bridgehead atoms. The van der Waals surface area contributed by atoms with Gasteiger partial charge in [-0.05, 0) is 12.1 Å². The summed E-state index contributed by atoms with van der Waals surface area (Å²) in [5, 5.41) is 8.81. The lowest BCUT2D eigenvalue weighted by atomic mass is 10.2. The highest BCUT2D eigenvalue weighted by atomic mass is 35.5. The number of nitrogen functional groups attached to an aromatic ring is 1. The second-order valence-electron chi connectivity index (χ2n) is 2.95. The van der Waals surface area contributed by atoms with Crippen LogP contribution in [-0.2, 0) is 0 Å². The van der Waals surface area contributed by atoms with Crippen molar-refractivity contribution in [2.24, 2.45) is 5.73 Å². The van der Waals surface area contributed by atoms with E-state index in [-0.39, 0.29) is 5.84 Å². The van der Waals surface area contributed by atoms with Gasteiger partial charge < -0.3 is 5.73 Å². The summed E-state index contributed by atoms with van der Waals surface area (Å²) in [5.74, 6) is 0.0488. The zero-order chi connectivity index (χ0) is 10.8. The molecule has 5 heteroatoms. The molecule has 0 fully saturated rings. The van der Waals surface area contributed by atoms with E-state index in [2.05, 4.69) is 4.98 Å². The lowest BCUT2D eigenvalue weighted by Gasteiger charge is -1.95. The van der Waals surface area contributed by atoms with E-state index in [1.165, 1.54) is 11.3 Å². The van der Waals surface area contributed by atoms with Gasteiger partial charge in [-0.1, -0.05) is 23.7 Å². The molecule has 76 valence electrons. The molecule has 0 unspecified atom stereocenters. The van der Waals surface area contributed by atoms with E-state index in [1.54, 1.807) is 6.20 Å². The minimum Gasteiger partial charge on any atom is -0.383 e. The first-order valence-corrected chi connectivity index (χ1v) is 5.42. The molecule has 1 aromatic carbocycles. The van der Waals surface area contributed by atoms with E-state index < -0.39 is 0 Å². The number of thiazole rings is 1. The fraction of sp³-hybridized carbons (Fsp3) is 0. The summed E-state index contributed by atoms with van der Waals surface area (Å²) in [6, 6.07) is 7.41. The standard InChI is InChI=1S/C10H8ClN3S/c11-7-3-1-6(2-4-7)10-14-5-8(15-10)9(12)13/h1-5H,(H3,12,13). The zero-order valence-corrected chi connectivity index (χ0v) is 9.27. The third-order valence-electron chi connectivity index (χ3n) is 1.86. The van der Waals surface area contributed by atoms with Crippen molar-refractivity contribution in [2.45, 2.75) is 0 Å². The van der Waals surface area contributed by atoms with Crippen LogP contribution in [0.2, 0.25) is 5.02 Å². The second-order valence-corrected chi connectivity index (χ2v) is 4.42. The largest absolute Gasteiger partial charge is 0.383 e. The van der Waals surface area contributed by atoms with E-state index >= 15 is 0 Å². The van der Waals surface area contributed by atoms with Crippen molar-refractivity contribution in [2.75, 3.05) is 0 Å². The molecule has 0 amide bonds. The summed E-state index contributed by atoms with van der Waals surface area (Å²) in [4.78, 5) is 4.87. The lowest BCUT2D eigenvalue weighted by Crippen LogP contribution is -2.08. The summed E-state index contributed by atoms with van der Waals surface area (Å²) >= 11 is 7.18. The normalized spacial score (nSPS) is 10.2. The molecule has 0 saturated heterocycles. The number of benzene rings is 1. The van der Waals surface area contributed by atoms with Crippen LogP contribution in [0.1, 0.15) is 4.88 Å². The minimum atomic E-state index is 0.0488. The predicted molar refractivity (Wildman–Crippen MR) is 63.6 cm³/mol. The summed E-state index contributed by atoms with van der Waals surface area (Å²) in [6.45, 7) is 0. The maximum Gasteiger partial charge on any atom is 0.134 e. The van der Waals surface area contributed by atoms with Crippen LogP contribution in [0.4, 0.5) is 0 Å². The quantitative estimate of drug-likeness (QED) is 0.623. The SMILES string of the molecule is N=C(N)c1cnc(-c2ccc(Cl)cc2)s1. The Morgan fingerprint density at radius 2 is 2.00 bits per heavy atom. The van der Waals surface area contributed by atoms with Crippen LogP contribution in [0.15, 0.2) is 30.5 Å². The molecule has 0 spiro atoms. The van der Waals surface area contributed by atoms with Crippen molar-refractivity contribution in [1.29, 1.82) is 5.41 Å². The van der Waals surface area contributed by atoms with Crippen molar-refractivity contribution in [3.8, 4) is 10.6 Å². The smallest absolute Gasteiger partial charge is 0.134 e. The molecular weight excluding hydrogens is 230 g/mol. The molecule has 0 saturated carbocycles. The average molecular weight is 238 g/mol. The van der Waals surface area contributed by atoms with E-state index in [9.17, 15) is 0 Å². The van der Waals surface area contributed by atoms with Gasteiger partial charge in [-0.3, -0.25) is 5.41 Å². The number of nitrogens with one attached hydrogen (secondary N) is 1. The maximum atomic E-state index is 7.27. The molecule has 1 heterocycles. The average Bonchev–Trinajstić information content (AvgIpc) is 2.68. The first kappa shape index (κ1) is 10.1. The van der Waals surface area contributed by atoms with Gasteiger partial charge in [-0.25, -0.2) is 4.98 Å². The maximum absolute atomic E-state index is 7.27. The number of hydrogen-bond donors (Lipinski definition) is 2. The molecule has 2 rings (SSSR count). The van der Waals surface area contributed by atoms with Gasteiger partial charge in [-0.15, -0.1) is 11.3 Å². The molecule has 0 aliphatic heterocycles. The van der Waals surface area contributed by atoms with Gasteiger partial charge >= 0.3 is 0 Å². The number of nitrogens with zero attached hydrogens (tertiary/aromatic N) is 1. The predicted octanol–water partition coefficient (Wildman–Crippen LogP) is 2.75. The number of rotatable bonds is 2. The van der Waals surface area contributed by atoms with Crippen LogP contribution in [0.5, 0.6) is 0 Å². The Morgan fingerprint density at radius 1 is 1.33 bits per heavy atom. The van der Waals surface area contributed by atoms with Crippen molar-refractivity contribution < 1.29 is 0 Å². The first-order valence-electron chi connectivity index (χ1n) is 4.23. The Hall–Kier alpha value is -1.39. The van der Waals surface area contributed by atoms with Gasteiger partial charge in [-0.2, -0.15) is 0 Å². The third kappa shape index (κ3) is 2.16. The molecule has 15 heavy (non-hydrogen) atoms. The Labute approximate surface area is 96.0 Å². The van der Waals surface area contributed by atoms with Gasteiger partial charge in [0.15, 0.2) is 0 Å². The summed E-state index contributed by atoms with van der Waals surface area (Å²) in [6.07, 6.45) is 1.61. The molecule has 0 aliphatic rings. The number of halogens is 1. The van der Waals surface area contributed by atoms with E-state index in [4.69, 9.17) is 22.7 Å². The molecule has 0 radical (unpaired) electrons. The second kappa shape index (κ2) is 4.00. The van der Waals surface area contributed by atoms with E-state index in [0.29, 0.717) is 9.90 Å². The number of hydrogen-bond acceptors (Lipinski definition) is 3. The first-order chi connectivity index (χ1) is 7.16. The van der Waals surface area contributed by atoms with E-state index in [1.807, 2.05) is 24.3 Å². The monoisotopic (exact) mass is 237 g/mol. The van der Waals surface area contributed by atoms with Crippen LogP contribution >= 0.6 is 22.9 Å². The van der Waals surface area contributed by atoms with Crippen molar-refractivity contribution in [3.63, 3.8) is 0 Å². The van der Waals surface area contributed by atoms with Gasteiger partial charge in [0.1, 0.15) is 10.8 Å². The highest BCUT2D eigenvalue weighted by Crippen LogP contribution is 2.25. The minimum absolute atomic E-state index is 0.0488. The molecule has 2 aromatic rings. The van der Waals surface area contributed by atoms with Crippen molar-refractivity contribution in [1.82, 2.24) is 4.98 Å².